The zero-order chi connectivity index (χ0) is 16.8. The number of aromatic nitrogens is 2. The van der Waals surface area contributed by atoms with E-state index < -0.39 is 0 Å². The molecule has 1 heterocycles. The molecular formula is C19H16ClN3O. The normalized spacial score (nSPS) is 10.9. The number of carbonyl (C=O) groups excluding carboxylic acids is 1. The Balaban J connectivity index is 1.64. The Morgan fingerprint density at radius 3 is 2.71 bits per heavy atom. The van der Waals surface area contributed by atoms with Crippen LogP contribution in [0.1, 0.15) is 11.1 Å². The average Bonchev–Trinajstić information content (AvgIpc) is 3.14. The van der Waals surface area contributed by atoms with Crippen molar-refractivity contribution in [2.24, 2.45) is 0 Å². The maximum Gasteiger partial charge on any atom is 0.244 e. The van der Waals surface area contributed by atoms with Gasteiger partial charge in [0, 0.05) is 30.0 Å². The minimum Gasteiger partial charge on any atom is -0.348 e. The first-order chi connectivity index (χ1) is 11.7. The van der Waals surface area contributed by atoms with Crippen molar-refractivity contribution in [2.45, 2.75) is 6.54 Å². The molecular weight excluding hydrogens is 322 g/mol. The molecule has 0 bridgehead atoms. The SMILES string of the molecule is O=C(/C=C/c1ccc(Cl)cc1)NCc1ccccc1-n1ccnc1. The molecule has 0 atom stereocenters. The second kappa shape index (κ2) is 7.62. The van der Waals surface area contributed by atoms with Crippen LogP contribution in [0, 0.1) is 0 Å². The van der Waals surface area contributed by atoms with E-state index in [0.717, 1.165) is 16.8 Å². The number of nitrogens with zero attached hydrogens (tertiary/aromatic N) is 2. The molecule has 0 saturated heterocycles. The number of carbonyl (C=O) groups is 1. The van der Waals surface area contributed by atoms with Gasteiger partial charge in [0.25, 0.3) is 0 Å². The van der Waals surface area contributed by atoms with Gasteiger partial charge in [0.05, 0.1) is 12.0 Å². The van der Waals surface area contributed by atoms with Crippen LogP contribution in [-0.4, -0.2) is 15.5 Å². The number of amides is 1. The van der Waals surface area contributed by atoms with E-state index >= 15 is 0 Å². The third-order valence-electron chi connectivity index (χ3n) is 3.52. The molecule has 0 fully saturated rings. The lowest BCUT2D eigenvalue weighted by molar-refractivity contribution is -0.116. The summed E-state index contributed by atoms with van der Waals surface area (Å²) < 4.78 is 1.92. The minimum atomic E-state index is -0.148. The summed E-state index contributed by atoms with van der Waals surface area (Å²) in [6.07, 6.45) is 8.61. The molecule has 0 radical (unpaired) electrons. The van der Waals surface area contributed by atoms with Crippen molar-refractivity contribution in [1.29, 1.82) is 0 Å². The van der Waals surface area contributed by atoms with Crippen LogP contribution in [0.3, 0.4) is 0 Å². The first-order valence-corrected chi connectivity index (χ1v) is 7.88. The second-order valence-corrected chi connectivity index (χ2v) is 5.64. The number of hydrogen-bond acceptors (Lipinski definition) is 2. The highest BCUT2D eigenvalue weighted by molar-refractivity contribution is 6.30. The molecule has 0 saturated carbocycles. The van der Waals surface area contributed by atoms with E-state index in [1.807, 2.05) is 47.2 Å². The van der Waals surface area contributed by atoms with Crippen LogP contribution in [0.25, 0.3) is 11.8 Å². The smallest absolute Gasteiger partial charge is 0.244 e. The molecule has 0 aliphatic heterocycles. The number of imidazole rings is 1. The number of para-hydroxylation sites is 1. The summed E-state index contributed by atoms with van der Waals surface area (Å²) in [4.78, 5) is 16.1. The maximum absolute atomic E-state index is 12.0. The van der Waals surface area contributed by atoms with Crippen molar-refractivity contribution >= 4 is 23.6 Å². The van der Waals surface area contributed by atoms with Crippen molar-refractivity contribution in [3.63, 3.8) is 0 Å². The monoisotopic (exact) mass is 337 g/mol. The van der Waals surface area contributed by atoms with Gasteiger partial charge in [0.15, 0.2) is 0 Å². The molecule has 1 N–H and O–H groups in total. The van der Waals surface area contributed by atoms with Crippen molar-refractivity contribution in [3.8, 4) is 5.69 Å². The molecule has 3 aromatic rings. The topological polar surface area (TPSA) is 46.9 Å². The number of nitrogens with one attached hydrogen (secondary N) is 1. The zero-order valence-electron chi connectivity index (χ0n) is 12.9. The molecule has 0 aliphatic rings. The van der Waals surface area contributed by atoms with Crippen molar-refractivity contribution in [3.05, 3.63) is 89.5 Å². The van der Waals surface area contributed by atoms with Crippen LogP contribution in [-0.2, 0) is 11.3 Å². The Kier molecular flexibility index (Phi) is 5.08. The summed E-state index contributed by atoms with van der Waals surface area (Å²) >= 11 is 5.84. The summed E-state index contributed by atoms with van der Waals surface area (Å²) in [5.41, 5.74) is 2.94. The minimum absolute atomic E-state index is 0.148. The van der Waals surface area contributed by atoms with Crippen LogP contribution in [0.15, 0.2) is 73.3 Å². The second-order valence-electron chi connectivity index (χ2n) is 5.20. The molecule has 24 heavy (non-hydrogen) atoms. The highest BCUT2D eigenvalue weighted by atomic mass is 35.5. The van der Waals surface area contributed by atoms with E-state index in [2.05, 4.69) is 10.3 Å². The summed E-state index contributed by atoms with van der Waals surface area (Å²) in [5, 5.41) is 3.57. The van der Waals surface area contributed by atoms with E-state index in [1.54, 1.807) is 30.7 Å². The van der Waals surface area contributed by atoms with Crippen LogP contribution in [0.4, 0.5) is 0 Å². The number of halogens is 1. The quantitative estimate of drug-likeness (QED) is 0.719. The van der Waals surface area contributed by atoms with Gasteiger partial charge in [-0.15, -0.1) is 0 Å². The van der Waals surface area contributed by atoms with Gasteiger partial charge in [-0.25, -0.2) is 4.98 Å². The Bertz CT molecular complexity index is 839. The molecule has 3 rings (SSSR count). The Morgan fingerprint density at radius 2 is 1.96 bits per heavy atom. The largest absolute Gasteiger partial charge is 0.348 e. The van der Waals surface area contributed by atoms with E-state index in [-0.39, 0.29) is 5.91 Å². The average molecular weight is 338 g/mol. The molecule has 2 aromatic carbocycles. The van der Waals surface area contributed by atoms with Crippen LogP contribution in [0.2, 0.25) is 5.02 Å². The van der Waals surface area contributed by atoms with Crippen LogP contribution < -0.4 is 5.32 Å². The van der Waals surface area contributed by atoms with Crippen molar-refractivity contribution < 1.29 is 4.79 Å². The Morgan fingerprint density at radius 1 is 1.17 bits per heavy atom. The van der Waals surface area contributed by atoms with Crippen molar-refractivity contribution in [1.82, 2.24) is 14.9 Å². The third kappa shape index (κ3) is 4.12. The van der Waals surface area contributed by atoms with E-state index in [9.17, 15) is 4.79 Å². The summed E-state index contributed by atoms with van der Waals surface area (Å²) in [7, 11) is 0. The predicted octanol–water partition coefficient (Wildman–Crippen LogP) is 3.86. The van der Waals surface area contributed by atoms with Gasteiger partial charge in [-0.1, -0.05) is 41.9 Å². The highest BCUT2D eigenvalue weighted by Gasteiger charge is 2.04. The van der Waals surface area contributed by atoms with Crippen molar-refractivity contribution in [2.75, 3.05) is 0 Å². The fourth-order valence-electron chi connectivity index (χ4n) is 2.30. The molecule has 1 aromatic heterocycles. The molecule has 1 amide bonds. The molecule has 120 valence electrons. The van der Waals surface area contributed by atoms with Gasteiger partial charge < -0.3 is 9.88 Å². The van der Waals surface area contributed by atoms with Crippen LogP contribution >= 0.6 is 11.6 Å². The predicted molar refractivity (Wildman–Crippen MR) is 95.9 cm³/mol. The highest BCUT2D eigenvalue weighted by Crippen LogP contribution is 2.14. The molecule has 4 nitrogen and oxygen atoms in total. The summed E-state index contributed by atoms with van der Waals surface area (Å²) in [5.74, 6) is -0.148. The summed E-state index contributed by atoms with van der Waals surface area (Å²) in [6, 6.07) is 15.2. The van der Waals surface area contributed by atoms with Gasteiger partial charge in [-0.3, -0.25) is 4.79 Å². The van der Waals surface area contributed by atoms with E-state index in [4.69, 9.17) is 11.6 Å². The number of benzene rings is 2. The summed E-state index contributed by atoms with van der Waals surface area (Å²) in [6.45, 7) is 0.443. The van der Waals surface area contributed by atoms with Crippen LogP contribution in [0.5, 0.6) is 0 Å². The Labute approximate surface area is 145 Å². The van der Waals surface area contributed by atoms with Gasteiger partial charge in [0.2, 0.25) is 5.91 Å². The lowest BCUT2D eigenvalue weighted by Crippen LogP contribution is -2.21. The van der Waals surface area contributed by atoms with Gasteiger partial charge in [0.1, 0.15) is 0 Å². The van der Waals surface area contributed by atoms with Gasteiger partial charge in [-0.05, 0) is 35.4 Å². The third-order valence-corrected chi connectivity index (χ3v) is 3.78. The zero-order valence-corrected chi connectivity index (χ0v) is 13.6. The van der Waals surface area contributed by atoms with E-state index in [0.29, 0.717) is 11.6 Å². The number of hydrogen-bond donors (Lipinski definition) is 1. The first kappa shape index (κ1) is 16.0. The molecule has 0 spiro atoms. The molecule has 5 heteroatoms. The maximum atomic E-state index is 12.0. The molecule has 0 aliphatic carbocycles. The fraction of sp³-hybridized carbons (Fsp3) is 0.0526. The van der Waals surface area contributed by atoms with Gasteiger partial charge in [-0.2, -0.15) is 0 Å². The van der Waals surface area contributed by atoms with E-state index in [1.165, 1.54) is 6.08 Å². The lowest BCUT2D eigenvalue weighted by atomic mass is 10.1. The lowest BCUT2D eigenvalue weighted by Gasteiger charge is -2.10. The molecule has 0 unspecified atom stereocenters. The first-order valence-electron chi connectivity index (χ1n) is 7.50. The number of rotatable bonds is 5. The van der Waals surface area contributed by atoms with Gasteiger partial charge >= 0.3 is 0 Å². The Hall–Kier alpha value is -2.85. The standard InChI is InChI=1S/C19H16ClN3O/c20-17-8-5-15(6-9-17)7-10-19(24)22-13-16-3-1-2-4-18(16)23-12-11-21-14-23/h1-12,14H,13H2,(H,22,24)/b10-7+. The fourth-order valence-corrected chi connectivity index (χ4v) is 2.43.